The highest BCUT2D eigenvalue weighted by Gasteiger charge is 2.33. The Balaban J connectivity index is 1.55. The second kappa shape index (κ2) is 11.0. The standard InChI is InChI=1S/C31H34N6O2/c1-21-15-16-22(2)28-26(21)18-27(31(38)32-28)29(30-33-34-35-37(30)24-12-7-4-8-13-24)36(20-25-14-9-17-39-25)19-23-10-5-3-6-11-23/h3,5-6,9-11,14-18,24,29H,4,7-8,12-13,19-20H2,1-2H3,(H,32,38). The summed E-state index contributed by atoms with van der Waals surface area (Å²) in [7, 11) is 0. The lowest BCUT2D eigenvalue weighted by Gasteiger charge is -2.32. The maximum absolute atomic E-state index is 13.9. The van der Waals surface area contributed by atoms with Gasteiger partial charge >= 0.3 is 0 Å². The number of tetrazole rings is 1. The fourth-order valence-electron chi connectivity index (χ4n) is 5.92. The van der Waals surface area contributed by atoms with Gasteiger partial charge in [0.05, 0.1) is 24.4 Å². The average Bonchev–Trinajstić information content (AvgIpc) is 3.65. The molecule has 2 aromatic carbocycles. The molecule has 0 bridgehead atoms. The second-order valence-corrected chi connectivity index (χ2v) is 10.7. The molecule has 0 aliphatic heterocycles. The smallest absolute Gasteiger partial charge is 0.253 e. The van der Waals surface area contributed by atoms with Crippen LogP contribution in [0.1, 0.15) is 78.0 Å². The summed E-state index contributed by atoms with van der Waals surface area (Å²) in [4.78, 5) is 19.4. The third-order valence-corrected chi connectivity index (χ3v) is 7.98. The highest BCUT2D eigenvalue weighted by Crippen LogP contribution is 2.35. The predicted octanol–water partition coefficient (Wildman–Crippen LogP) is 6.02. The number of fused-ring (bicyclic) bond motifs is 1. The second-order valence-electron chi connectivity index (χ2n) is 10.7. The van der Waals surface area contributed by atoms with Gasteiger partial charge in [0.1, 0.15) is 11.8 Å². The zero-order chi connectivity index (χ0) is 26.8. The number of hydrogen-bond donors (Lipinski definition) is 1. The van der Waals surface area contributed by atoms with E-state index in [1.165, 1.54) is 6.42 Å². The van der Waals surface area contributed by atoms with Gasteiger partial charge in [-0.3, -0.25) is 9.69 Å². The Kier molecular flexibility index (Phi) is 7.11. The van der Waals surface area contributed by atoms with Crippen molar-refractivity contribution in [2.24, 2.45) is 0 Å². The summed E-state index contributed by atoms with van der Waals surface area (Å²) < 4.78 is 7.78. The van der Waals surface area contributed by atoms with Gasteiger partial charge in [0.25, 0.3) is 5.56 Å². The Morgan fingerprint density at radius 2 is 1.79 bits per heavy atom. The zero-order valence-electron chi connectivity index (χ0n) is 22.5. The van der Waals surface area contributed by atoms with Crippen molar-refractivity contribution in [3.8, 4) is 0 Å². The van der Waals surface area contributed by atoms with Crippen molar-refractivity contribution in [1.29, 1.82) is 0 Å². The number of aromatic amines is 1. The third kappa shape index (κ3) is 5.16. The van der Waals surface area contributed by atoms with E-state index < -0.39 is 6.04 Å². The molecule has 1 saturated carbocycles. The monoisotopic (exact) mass is 522 g/mol. The van der Waals surface area contributed by atoms with Gasteiger partial charge in [-0.1, -0.05) is 61.7 Å². The van der Waals surface area contributed by atoms with E-state index in [1.807, 2.05) is 54.1 Å². The Morgan fingerprint density at radius 3 is 2.56 bits per heavy atom. The first-order valence-corrected chi connectivity index (χ1v) is 13.8. The molecule has 0 amide bonds. The first-order chi connectivity index (χ1) is 19.1. The van der Waals surface area contributed by atoms with E-state index in [1.54, 1.807) is 6.26 Å². The number of H-pyrrole nitrogens is 1. The quantitative estimate of drug-likeness (QED) is 0.268. The first kappa shape index (κ1) is 25.2. The van der Waals surface area contributed by atoms with Gasteiger partial charge < -0.3 is 9.40 Å². The van der Waals surface area contributed by atoms with Gasteiger partial charge in [0.2, 0.25) is 0 Å². The fourth-order valence-corrected chi connectivity index (χ4v) is 5.92. The van der Waals surface area contributed by atoms with Gasteiger partial charge in [-0.25, -0.2) is 4.68 Å². The van der Waals surface area contributed by atoms with Crippen LogP contribution in [0.2, 0.25) is 0 Å². The molecule has 39 heavy (non-hydrogen) atoms. The maximum Gasteiger partial charge on any atom is 0.253 e. The van der Waals surface area contributed by atoms with E-state index in [-0.39, 0.29) is 11.6 Å². The molecule has 0 spiro atoms. The normalized spacial score (nSPS) is 15.3. The Hall–Kier alpha value is -4.04. The highest BCUT2D eigenvalue weighted by molar-refractivity contribution is 5.85. The van der Waals surface area contributed by atoms with Crippen LogP contribution in [-0.2, 0) is 13.1 Å². The number of pyridine rings is 1. The Morgan fingerprint density at radius 1 is 1.00 bits per heavy atom. The van der Waals surface area contributed by atoms with E-state index in [0.29, 0.717) is 24.5 Å². The minimum atomic E-state index is -0.486. The molecular weight excluding hydrogens is 488 g/mol. The van der Waals surface area contributed by atoms with Gasteiger partial charge in [-0.2, -0.15) is 0 Å². The van der Waals surface area contributed by atoms with Crippen LogP contribution < -0.4 is 5.56 Å². The van der Waals surface area contributed by atoms with E-state index >= 15 is 0 Å². The van der Waals surface area contributed by atoms with E-state index in [9.17, 15) is 4.79 Å². The number of nitrogens with one attached hydrogen (secondary N) is 1. The van der Waals surface area contributed by atoms with Crippen LogP contribution in [-0.4, -0.2) is 30.1 Å². The van der Waals surface area contributed by atoms with Crippen molar-refractivity contribution in [3.05, 3.63) is 111 Å². The molecule has 1 aliphatic carbocycles. The van der Waals surface area contributed by atoms with Gasteiger partial charge in [0.15, 0.2) is 5.82 Å². The summed E-state index contributed by atoms with van der Waals surface area (Å²) in [5, 5.41) is 14.3. The number of hydrogen-bond acceptors (Lipinski definition) is 6. The van der Waals surface area contributed by atoms with Crippen molar-refractivity contribution in [3.63, 3.8) is 0 Å². The molecule has 5 aromatic rings. The molecule has 0 radical (unpaired) electrons. The van der Waals surface area contributed by atoms with Crippen LogP contribution in [0, 0.1) is 13.8 Å². The average molecular weight is 523 g/mol. The highest BCUT2D eigenvalue weighted by atomic mass is 16.3. The molecule has 8 nitrogen and oxygen atoms in total. The van der Waals surface area contributed by atoms with Crippen molar-refractivity contribution < 1.29 is 4.42 Å². The number of nitrogens with zero attached hydrogens (tertiary/aromatic N) is 5. The Bertz CT molecular complexity index is 1600. The molecule has 1 atom stereocenters. The molecule has 200 valence electrons. The van der Waals surface area contributed by atoms with E-state index in [4.69, 9.17) is 4.42 Å². The summed E-state index contributed by atoms with van der Waals surface area (Å²) in [6.07, 6.45) is 7.31. The lowest BCUT2D eigenvalue weighted by atomic mass is 9.94. The molecular formula is C31H34N6O2. The summed E-state index contributed by atoms with van der Waals surface area (Å²) >= 11 is 0. The first-order valence-electron chi connectivity index (χ1n) is 13.8. The van der Waals surface area contributed by atoms with Gasteiger partial charge in [-0.15, -0.1) is 5.10 Å². The molecule has 3 heterocycles. The van der Waals surface area contributed by atoms with E-state index in [2.05, 4.69) is 50.5 Å². The fraction of sp³-hybridized carbons (Fsp3) is 0.355. The molecule has 6 rings (SSSR count). The SMILES string of the molecule is Cc1ccc(C)c2[nH]c(=O)c(C(c3nnnn3C3CCCCC3)N(Cc3ccccc3)Cc3ccco3)cc12. The number of furan rings is 1. The molecule has 1 unspecified atom stereocenters. The summed E-state index contributed by atoms with van der Waals surface area (Å²) in [5.74, 6) is 1.51. The van der Waals surface area contributed by atoms with Crippen LogP contribution in [0.25, 0.3) is 10.9 Å². The lowest BCUT2D eigenvalue weighted by molar-refractivity contribution is 0.173. The minimum absolute atomic E-state index is 0.128. The summed E-state index contributed by atoms with van der Waals surface area (Å²) in [6, 6.07) is 20.1. The van der Waals surface area contributed by atoms with Crippen LogP contribution in [0.4, 0.5) is 0 Å². The topological polar surface area (TPSA) is 92.8 Å². The molecule has 0 saturated heterocycles. The molecule has 1 aliphatic rings. The van der Waals surface area contributed by atoms with Crippen molar-refractivity contribution in [1.82, 2.24) is 30.1 Å². The number of aryl methyl sites for hydroxylation is 2. The largest absolute Gasteiger partial charge is 0.468 e. The summed E-state index contributed by atoms with van der Waals surface area (Å²) in [5.41, 5.74) is 4.66. The molecule has 8 heteroatoms. The molecule has 3 aromatic heterocycles. The van der Waals surface area contributed by atoms with Crippen molar-refractivity contribution in [2.75, 3.05) is 0 Å². The minimum Gasteiger partial charge on any atom is -0.468 e. The van der Waals surface area contributed by atoms with Crippen LogP contribution >= 0.6 is 0 Å². The number of rotatable bonds is 8. The third-order valence-electron chi connectivity index (χ3n) is 7.98. The molecule has 1 N–H and O–H groups in total. The van der Waals surface area contributed by atoms with Gasteiger partial charge in [-0.05, 0) is 72.0 Å². The summed E-state index contributed by atoms with van der Waals surface area (Å²) in [6.45, 7) is 5.19. The van der Waals surface area contributed by atoms with Crippen LogP contribution in [0.3, 0.4) is 0 Å². The Labute approximate surface area is 227 Å². The zero-order valence-corrected chi connectivity index (χ0v) is 22.5. The lowest BCUT2D eigenvalue weighted by Crippen LogP contribution is -2.35. The van der Waals surface area contributed by atoms with Gasteiger partial charge in [0, 0.05) is 17.5 Å². The van der Waals surface area contributed by atoms with Crippen molar-refractivity contribution in [2.45, 2.75) is 71.1 Å². The van der Waals surface area contributed by atoms with Crippen LogP contribution in [0.15, 0.2) is 76.1 Å². The van der Waals surface area contributed by atoms with Crippen molar-refractivity contribution >= 4 is 10.9 Å². The van der Waals surface area contributed by atoms with E-state index in [0.717, 1.165) is 59.0 Å². The molecule has 1 fully saturated rings. The predicted molar refractivity (Wildman–Crippen MR) is 150 cm³/mol. The maximum atomic E-state index is 13.9. The number of benzene rings is 2. The number of aromatic nitrogens is 5. The van der Waals surface area contributed by atoms with Crippen LogP contribution in [0.5, 0.6) is 0 Å².